The molecule has 1 aromatic carbocycles. The van der Waals surface area contributed by atoms with Crippen LogP contribution in [0.15, 0.2) is 24.3 Å². The van der Waals surface area contributed by atoms with Crippen molar-refractivity contribution in [3.05, 3.63) is 29.8 Å². The Morgan fingerprint density at radius 3 is 2.74 bits per heavy atom. The van der Waals surface area contributed by atoms with Gasteiger partial charge in [-0.3, -0.25) is 4.79 Å². The van der Waals surface area contributed by atoms with Gasteiger partial charge in [0, 0.05) is 11.3 Å². The van der Waals surface area contributed by atoms with Crippen LogP contribution < -0.4 is 4.90 Å². The Morgan fingerprint density at radius 2 is 2.00 bits per heavy atom. The number of fused-ring (bicyclic) bond motifs is 1. The zero-order chi connectivity index (χ0) is 13.5. The number of nitrogens with zero attached hydrogens (tertiary/aromatic N) is 1. The first kappa shape index (κ1) is 12.6. The molecule has 5 nitrogen and oxygen atoms in total. The minimum Gasteiger partial charge on any atom is -0.367 e. The third kappa shape index (κ3) is 2.37. The summed E-state index contributed by atoms with van der Waals surface area (Å²) in [6.45, 7) is 0.392. The van der Waals surface area contributed by atoms with E-state index in [2.05, 4.69) is 0 Å². The third-order valence-electron chi connectivity index (χ3n) is 3.58. The molecule has 1 atom stereocenters. The molecule has 0 spiro atoms. The van der Waals surface area contributed by atoms with E-state index in [0.717, 1.165) is 11.3 Å². The highest BCUT2D eigenvalue weighted by Gasteiger charge is 2.37. The Labute approximate surface area is 112 Å². The van der Waals surface area contributed by atoms with E-state index in [9.17, 15) is 13.2 Å². The van der Waals surface area contributed by atoms with Crippen LogP contribution in [0.2, 0.25) is 0 Å². The van der Waals surface area contributed by atoms with E-state index in [0.29, 0.717) is 13.0 Å². The zero-order valence-corrected chi connectivity index (χ0v) is 11.2. The van der Waals surface area contributed by atoms with Gasteiger partial charge in [0.2, 0.25) is 0 Å². The molecule has 0 bridgehead atoms. The van der Waals surface area contributed by atoms with E-state index in [4.69, 9.17) is 4.74 Å². The molecule has 1 amide bonds. The predicted molar refractivity (Wildman–Crippen MR) is 70.6 cm³/mol. The molecule has 1 fully saturated rings. The van der Waals surface area contributed by atoms with E-state index < -0.39 is 9.84 Å². The van der Waals surface area contributed by atoms with Gasteiger partial charge in [-0.05, 0) is 12.5 Å². The van der Waals surface area contributed by atoms with E-state index in [-0.39, 0.29) is 30.1 Å². The summed E-state index contributed by atoms with van der Waals surface area (Å²) in [5.74, 6) is 0.0458. The second-order valence-electron chi connectivity index (χ2n) is 4.94. The summed E-state index contributed by atoms with van der Waals surface area (Å²) in [6, 6.07) is 7.24. The highest BCUT2D eigenvalue weighted by atomic mass is 32.2. The fraction of sp³-hybridized carbons (Fsp3) is 0.462. The molecule has 19 heavy (non-hydrogen) atoms. The summed E-state index contributed by atoms with van der Waals surface area (Å²) in [5.41, 5.74) is 1.71. The lowest BCUT2D eigenvalue weighted by Gasteiger charge is -2.27. The third-order valence-corrected chi connectivity index (χ3v) is 5.33. The van der Waals surface area contributed by atoms with Crippen LogP contribution in [0.25, 0.3) is 0 Å². The van der Waals surface area contributed by atoms with Gasteiger partial charge < -0.3 is 9.64 Å². The summed E-state index contributed by atoms with van der Waals surface area (Å²) < 4.78 is 28.6. The Bertz CT molecular complexity index is 611. The average molecular weight is 281 g/mol. The van der Waals surface area contributed by atoms with Crippen molar-refractivity contribution in [2.45, 2.75) is 19.1 Å². The molecule has 6 heteroatoms. The van der Waals surface area contributed by atoms with Crippen LogP contribution >= 0.6 is 0 Å². The van der Waals surface area contributed by atoms with E-state index in [1.807, 2.05) is 24.3 Å². The highest BCUT2D eigenvalue weighted by Crippen LogP contribution is 2.30. The van der Waals surface area contributed by atoms with Crippen LogP contribution in [-0.2, 0) is 26.0 Å². The predicted octanol–water partition coefficient (Wildman–Crippen LogP) is 0.737. The van der Waals surface area contributed by atoms with Crippen LogP contribution in [0.3, 0.4) is 0 Å². The van der Waals surface area contributed by atoms with Crippen molar-refractivity contribution in [2.24, 2.45) is 0 Å². The number of anilines is 1. The van der Waals surface area contributed by atoms with Gasteiger partial charge >= 0.3 is 0 Å². The molecule has 1 aromatic rings. The van der Waals surface area contributed by atoms with Crippen LogP contribution in [0.1, 0.15) is 12.0 Å². The number of hydrogen-bond donors (Lipinski definition) is 0. The number of rotatable bonds is 1. The van der Waals surface area contributed by atoms with Gasteiger partial charge in [0.25, 0.3) is 5.91 Å². The van der Waals surface area contributed by atoms with Crippen LogP contribution in [0.4, 0.5) is 5.69 Å². The quantitative estimate of drug-likeness (QED) is 0.761. The summed E-state index contributed by atoms with van der Waals surface area (Å²) >= 11 is 0. The molecule has 0 saturated carbocycles. The smallest absolute Gasteiger partial charge is 0.253 e. The standard InChI is InChI=1S/C13H15NO4S/c15-13-8-18-7-10-3-1-2-4-12(10)14(13)11-5-6-19(16,17)9-11/h1-4,11H,5-9H2/t11-/m0/s1. The Morgan fingerprint density at radius 1 is 1.21 bits per heavy atom. The Kier molecular flexibility index (Phi) is 3.06. The Balaban J connectivity index is 2.01. The van der Waals surface area contributed by atoms with Gasteiger partial charge in [0.05, 0.1) is 24.2 Å². The summed E-state index contributed by atoms with van der Waals surface area (Å²) in [6.07, 6.45) is 0.502. The molecule has 0 radical (unpaired) electrons. The number of carbonyl (C=O) groups is 1. The largest absolute Gasteiger partial charge is 0.367 e. The lowest BCUT2D eigenvalue weighted by Crippen LogP contribution is -2.42. The fourth-order valence-electron chi connectivity index (χ4n) is 2.70. The first-order valence-electron chi connectivity index (χ1n) is 6.25. The number of amides is 1. The van der Waals surface area contributed by atoms with Gasteiger partial charge in [-0.15, -0.1) is 0 Å². The molecule has 0 N–H and O–H groups in total. The van der Waals surface area contributed by atoms with Crippen molar-refractivity contribution in [1.82, 2.24) is 0 Å². The number of ether oxygens (including phenoxy) is 1. The monoisotopic (exact) mass is 281 g/mol. The highest BCUT2D eigenvalue weighted by molar-refractivity contribution is 7.91. The van der Waals surface area contributed by atoms with Gasteiger partial charge in [-0.1, -0.05) is 18.2 Å². The summed E-state index contributed by atoms with van der Waals surface area (Å²) in [7, 11) is -3.02. The molecule has 2 aliphatic rings. The zero-order valence-electron chi connectivity index (χ0n) is 10.4. The molecule has 3 rings (SSSR count). The number of para-hydroxylation sites is 1. The molecule has 2 heterocycles. The average Bonchev–Trinajstić information content (AvgIpc) is 2.63. The minimum absolute atomic E-state index is 0.00519. The van der Waals surface area contributed by atoms with Gasteiger partial charge in [-0.2, -0.15) is 0 Å². The topological polar surface area (TPSA) is 63.7 Å². The van der Waals surface area contributed by atoms with E-state index >= 15 is 0 Å². The molecular weight excluding hydrogens is 266 g/mol. The number of benzene rings is 1. The van der Waals surface area contributed by atoms with Crippen molar-refractivity contribution in [3.63, 3.8) is 0 Å². The molecular formula is C13H15NO4S. The van der Waals surface area contributed by atoms with Gasteiger partial charge in [0.15, 0.2) is 9.84 Å². The number of carbonyl (C=O) groups excluding carboxylic acids is 1. The van der Waals surface area contributed by atoms with Crippen molar-refractivity contribution in [1.29, 1.82) is 0 Å². The first-order valence-corrected chi connectivity index (χ1v) is 8.07. The minimum atomic E-state index is -3.02. The van der Waals surface area contributed by atoms with E-state index in [1.165, 1.54) is 0 Å². The van der Waals surface area contributed by atoms with Crippen molar-refractivity contribution in [2.75, 3.05) is 23.0 Å². The molecule has 0 unspecified atom stereocenters. The SMILES string of the molecule is O=C1COCc2ccccc2N1[C@H]1CCS(=O)(=O)C1. The second kappa shape index (κ2) is 4.61. The lowest BCUT2D eigenvalue weighted by molar-refractivity contribution is -0.123. The Hall–Kier alpha value is -1.40. The maximum absolute atomic E-state index is 12.2. The second-order valence-corrected chi connectivity index (χ2v) is 7.17. The van der Waals surface area contributed by atoms with Crippen LogP contribution in [0, 0.1) is 0 Å². The van der Waals surface area contributed by atoms with Gasteiger partial charge in [-0.25, -0.2) is 8.42 Å². The van der Waals surface area contributed by atoms with E-state index in [1.54, 1.807) is 4.90 Å². The number of hydrogen-bond acceptors (Lipinski definition) is 4. The van der Waals surface area contributed by atoms with Crippen molar-refractivity contribution in [3.8, 4) is 0 Å². The first-order chi connectivity index (χ1) is 9.07. The molecule has 2 aliphatic heterocycles. The molecule has 0 aliphatic carbocycles. The summed E-state index contributed by atoms with van der Waals surface area (Å²) in [5, 5.41) is 0. The maximum atomic E-state index is 12.2. The van der Waals surface area contributed by atoms with Crippen molar-refractivity contribution >= 4 is 21.4 Å². The molecule has 1 saturated heterocycles. The van der Waals surface area contributed by atoms with Crippen LogP contribution in [-0.4, -0.2) is 38.5 Å². The van der Waals surface area contributed by atoms with Crippen LogP contribution in [0.5, 0.6) is 0 Å². The molecule has 102 valence electrons. The van der Waals surface area contributed by atoms with Gasteiger partial charge in [0.1, 0.15) is 6.61 Å². The van der Waals surface area contributed by atoms with Crippen molar-refractivity contribution < 1.29 is 17.9 Å². The summed E-state index contributed by atoms with van der Waals surface area (Å²) in [4.78, 5) is 13.8. The lowest BCUT2D eigenvalue weighted by atomic mass is 10.1. The maximum Gasteiger partial charge on any atom is 0.253 e. The normalized spacial score (nSPS) is 26.0. The fourth-order valence-corrected chi connectivity index (χ4v) is 4.40. The number of sulfone groups is 1. The molecule has 0 aromatic heterocycles.